The Hall–Kier alpha value is -3.24. The zero-order chi connectivity index (χ0) is 23.1. The van der Waals surface area contributed by atoms with Gasteiger partial charge in [0.05, 0.1) is 5.57 Å². The molecule has 5 nitrogen and oxygen atoms in total. The molecule has 0 radical (unpaired) electrons. The van der Waals surface area contributed by atoms with E-state index in [1.165, 1.54) is 6.07 Å². The van der Waals surface area contributed by atoms with E-state index in [4.69, 9.17) is 14.7 Å². The van der Waals surface area contributed by atoms with Gasteiger partial charge in [-0.3, -0.25) is 4.79 Å². The summed E-state index contributed by atoms with van der Waals surface area (Å²) in [6.45, 7) is 8.52. The first kappa shape index (κ1) is 22.4. The van der Waals surface area contributed by atoms with Crippen molar-refractivity contribution in [3.63, 3.8) is 0 Å². The van der Waals surface area contributed by atoms with Crippen LogP contribution in [0.1, 0.15) is 51.3 Å². The number of ketones is 1. The molecule has 31 heavy (non-hydrogen) atoms. The van der Waals surface area contributed by atoms with Crippen molar-refractivity contribution >= 4 is 11.4 Å². The largest absolute Gasteiger partial charge is 0.508 e. The topological polar surface area (TPSA) is 79.6 Å². The molecule has 0 amide bonds. The standard InChI is InChI=1S/C24H23F2NO4/c1-6-13-7-8-14(30-15-10-18(25)17(12-27)19(26)11-15)9-16(13)20-21(28)23(2,3)31-24(4,5)22(20)29/h7-11,28H,6H2,1-5H3. The van der Waals surface area contributed by atoms with Crippen LogP contribution in [0.4, 0.5) is 8.78 Å². The van der Waals surface area contributed by atoms with E-state index in [1.54, 1.807) is 45.9 Å². The maximum atomic E-state index is 13.9. The second kappa shape index (κ2) is 7.78. The minimum Gasteiger partial charge on any atom is -0.508 e. The number of hydrogen-bond donors (Lipinski definition) is 1. The summed E-state index contributed by atoms with van der Waals surface area (Å²) < 4.78 is 39.3. The number of aliphatic hydroxyl groups excluding tert-OH is 1. The number of benzene rings is 2. The van der Waals surface area contributed by atoms with Crippen LogP contribution in [0.5, 0.6) is 11.5 Å². The van der Waals surface area contributed by atoms with Crippen molar-refractivity contribution in [1.82, 2.24) is 0 Å². The molecular weight excluding hydrogens is 404 g/mol. The number of aliphatic hydroxyl groups is 1. The number of hydrogen-bond acceptors (Lipinski definition) is 5. The molecule has 0 aliphatic carbocycles. The third kappa shape index (κ3) is 4.04. The smallest absolute Gasteiger partial charge is 0.198 e. The molecular formula is C24H23F2NO4. The van der Waals surface area contributed by atoms with Gasteiger partial charge in [0, 0.05) is 12.1 Å². The summed E-state index contributed by atoms with van der Waals surface area (Å²) in [5.74, 6) is -2.57. The number of Topliss-reactive ketones (excluding diaryl/α,β-unsaturated/α-hetero) is 1. The fourth-order valence-corrected chi connectivity index (χ4v) is 3.70. The van der Waals surface area contributed by atoms with Crippen LogP contribution in [-0.2, 0) is 16.0 Å². The number of carbonyl (C=O) groups is 1. The van der Waals surface area contributed by atoms with Crippen LogP contribution in [0.2, 0.25) is 0 Å². The van der Waals surface area contributed by atoms with E-state index in [-0.39, 0.29) is 28.6 Å². The molecule has 0 aromatic heterocycles. The second-order valence-electron chi connectivity index (χ2n) is 8.32. The van der Waals surface area contributed by atoms with Gasteiger partial charge in [0.25, 0.3) is 0 Å². The van der Waals surface area contributed by atoms with Crippen molar-refractivity contribution in [2.24, 2.45) is 0 Å². The Morgan fingerprint density at radius 2 is 1.68 bits per heavy atom. The van der Waals surface area contributed by atoms with Crippen molar-refractivity contribution in [2.45, 2.75) is 52.2 Å². The summed E-state index contributed by atoms with van der Waals surface area (Å²) in [4.78, 5) is 13.1. The summed E-state index contributed by atoms with van der Waals surface area (Å²) in [5.41, 5.74) is -1.57. The Morgan fingerprint density at radius 3 is 2.23 bits per heavy atom. The molecule has 2 aromatic carbocycles. The molecule has 7 heteroatoms. The van der Waals surface area contributed by atoms with E-state index in [0.717, 1.165) is 17.7 Å². The summed E-state index contributed by atoms with van der Waals surface area (Å²) in [7, 11) is 0. The average molecular weight is 427 g/mol. The molecule has 162 valence electrons. The van der Waals surface area contributed by atoms with Crippen molar-refractivity contribution in [2.75, 3.05) is 0 Å². The Morgan fingerprint density at radius 1 is 1.06 bits per heavy atom. The van der Waals surface area contributed by atoms with Gasteiger partial charge >= 0.3 is 0 Å². The molecule has 0 saturated heterocycles. The van der Waals surface area contributed by atoms with Gasteiger partial charge < -0.3 is 14.6 Å². The zero-order valence-electron chi connectivity index (χ0n) is 18.0. The third-order valence-corrected chi connectivity index (χ3v) is 5.19. The van der Waals surface area contributed by atoms with Crippen LogP contribution in [0, 0.1) is 23.0 Å². The van der Waals surface area contributed by atoms with Crippen LogP contribution in [0.15, 0.2) is 36.1 Å². The number of carbonyl (C=O) groups excluding carboxylic acids is 1. The molecule has 3 rings (SSSR count). The third-order valence-electron chi connectivity index (χ3n) is 5.19. The second-order valence-corrected chi connectivity index (χ2v) is 8.32. The number of nitriles is 1. The van der Waals surface area contributed by atoms with E-state index in [0.29, 0.717) is 12.0 Å². The minimum atomic E-state index is -1.16. The van der Waals surface area contributed by atoms with Crippen molar-refractivity contribution in [3.8, 4) is 17.6 Å². The lowest BCUT2D eigenvalue weighted by Crippen LogP contribution is -2.49. The van der Waals surface area contributed by atoms with Crippen molar-refractivity contribution < 1.29 is 28.2 Å². The van der Waals surface area contributed by atoms with E-state index in [1.807, 2.05) is 6.92 Å². The maximum absolute atomic E-state index is 13.9. The lowest BCUT2D eigenvalue weighted by atomic mass is 9.81. The van der Waals surface area contributed by atoms with Gasteiger partial charge in [-0.05, 0) is 57.4 Å². The van der Waals surface area contributed by atoms with Gasteiger partial charge in [-0.25, -0.2) is 8.78 Å². The highest BCUT2D eigenvalue weighted by molar-refractivity contribution is 6.26. The van der Waals surface area contributed by atoms with Crippen LogP contribution >= 0.6 is 0 Å². The highest BCUT2D eigenvalue weighted by Gasteiger charge is 2.47. The number of ether oxygens (including phenoxy) is 2. The van der Waals surface area contributed by atoms with Crippen molar-refractivity contribution in [1.29, 1.82) is 5.26 Å². The van der Waals surface area contributed by atoms with Crippen LogP contribution in [-0.4, -0.2) is 22.1 Å². The molecule has 0 saturated carbocycles. The van der Waals surface area contributed by atoms with Crippen LogP contribution in [0.3, 0.4) is 0 Å². The van der Waals surface area contributed by atoms with Crippen LogP contribution < -0.4 is 4.74 Å². The molecule has 0 atom stereocenters. The van der Waals surface area contributed by atoms with Gasteiger partial charge in [0.2, 0.25) is 0 Å². The highest BCUT2D eigenvalue weighted by atomic mass is 19.1. The van der Waals surface area contributed by atoms with Gasteiger partial charge in [-0.15, -0.1) is 0 Å². The lowest BCUT2D eigenvalue weighted by Gasteiger charge is -2.40. The minimum absolute atomic E-state index is 0.126. The molecule has 1 aliphatic rings. The normalized spacial score (nSPS) is 17.4. The summed E-state index contributed by atoms with van der Waals surface area (Å²) in [6, 6.07) is 8.17. The average Bonchev–Trinajstić information content (AvgIpc) is 2.66. The molecule has 0 spiro atoms. The van der Waals surface area contributed by atoms with E-state index >= 15 is 0 Å². The fraction of sp³-hybridized carbons (Fsp3) is 0.333. The van der Waals surface area contributed by atoms with E-state index < -0.39 is 28.4 Å². The monoisotopic (exact) mass is 427 g/mol. The Balaban J connectivity index is 2.12. The molecule has 2 aromatic rings. The van der Waals surface area contributed by atoms with E-state index in [9.17, 15) is 18.7 Å². The number of halogens is 2. The molecule has 1 N–H and O–H groups in total. The number of rotatable bonds is 4. The quantitative estimate of drug-likeness (QED) is 0.685. The molecule has 1 aliphatic heterocycles. The molecule has 0 unspecified atom stereocenters. The number of aryl methyl sites for hydroxylation is 1. The zero-order valence-corrected chi connectivity index (χ0v) is 18.0. The first-order chi connectivity index (χ1) is 14.4. The molecule has 0 bridgehead atoms. The molecule has 0 fully saturated rings. The Bertz CT molecular complexity index is 1120. The summed E-state index contributed by atoms with van der Waals surface area (Å²) >= 11 is 0. The highest BCUT2D eigenvalue weighted by Crippen LogP contribution is 2.42. The van der Waals surface area contributed by atoms with Gasteiger partial charge in [0.1, 0.15) is 51.7 Å². The molecule has 1 heterocycles. The maximum Gasteiger partial charge on any atom is 0.198 e. The van der Waals surface area contributed by atoms with Gasteiger partial charge in [0.15, 0.2) is 5.78 Å². The van der Waals surface area contributed by atoms with Crippen molar-refractivity contribution in [3.05, 3.63) is 64.4 Å². The fourth-order valence-electron chi connectivity index (χ4n) is 3.70. The van der Waals surface area contributed by atoms with Gasteiger partial charge in [-0.1, -0.05) is 13.0 Å². The van der Waals surface area contributed by atoms with E-state index in [2.05, 4.69) is 0 Å². The first-order valence-electron chi connectivity index (χ1n) is 9.80. The summed E-state index contributed by atoms with van der Waals surface area (Å²) in [6.07, 6.45) is 0.571. The SMILES string of the molecule is CCc1ccc(Oc2cc(F)c(C#N)c(F)c2)cc1C1=C(O)C(C)(C)OC(C)(C)C1=O. The predicted molar refractivity (Wildman–Crippen MR) is 111 cm³/mol. The first-order valence-corrected chi connectivity index (χ1v) is 9.80. The summed E-state index contributed by atoms with van der Waals surface area (Å²) in [5, 5.41) is 19.7. The Kier molecular flexibility index (Phi) is 5.64. The predicted octanol–water partition coefficient (Wildman–Crippen LogP) is 5.62. The Labute approximate surface area is 179 Å². The van der Waals surface area contributed by atoms with Crippen LogP contribution in [0.25, 0.3) is 5.57 Å². The number of nitrogens with zero attached hydrogens (tertiary/aromatic N) is 1. The van der Waals surface area contributed by atoms with Gasteiger partial charge in [-0.2, -0.15) is 5.26 Å². The lowest BCUT2D eigenvalue weighted by molar-refractivity contribution is -0.158.